The number of morpholine rings is 1. The van der Waals surface area contributed by atoms with E-state index in [2.05, 4.69) is 0 Å². The van der Waals surface area contributed by atoms with Crippen molar-refractivity contribution >= 4 is 16.0 Å². The SMILES string of the molecule is Cc1ccc(S(=O)(=O)N2CC3CCC2C(=O)O3)cc1. The van der Waals surface area contributed by atoms with Crippen molar-refractivity contribution in [2.24, 2.45) is 0 Å². The van der Waals surface area contributed by atoms with Crippen molar-refractivity contribution in [2.45, 2.75) is 36.8 Å². The van der Waals surface area contributed by atoms with Gasteiger partial charge in [0.15, 0.2) is 0 Å². The lowest BCUT2D eigenvalue weighted by Gasteiger charge is -2.42. The predicted molar refractivity (Wildman–Crippen MR) is 68.0 cm³/mol. The number of aryl methyl sites for hydroxylation is 1. The molecular formula is C13H15NO4S. The molecule has 0 radical (unpaired) electrons. The van der Waals surface area contributed by atoms with Gasteiger partial charge in [-0.05, 0) is 31.9 Å². The number of rotatable bonds is 2. The summed E-state index contributed by atoms with van der Waals surface area (Å²) in [5, 5.41) is 0. The highest BCUT2D eigenvalue weighted by molar-refractivity contribution is 7.89. The Bertz CT molecular complexity index is 608. The van der Waals surface area contributed by atoms with Crippen LogP contribution in [-0.2, 0) is 19.6 Å². The second-order valence-corrected chi connectivity index (χ2v) is 6.93. The molecule has 2 unspecified atom stereocenters. The van der Waals surface area contributed by atoms with Crippen LogP contribution in [0.15, 0.2) is 29.2 Å². The number of ether oxygens (including phenoxy) is 1. The molecule has 0 N–H and O–H groups in total. The first-order chi connectivity index (χ1) is 8.98. The monoisotopic (exact) mass is 281 g/mol. The minimum Gasteiger partial charge on any atom is -0.460 e. The largest absolute Gasteiger partial charge is 0.460 e. The average Bonchev–Trinajstić information content (AvgIpc) is 2.39. The second kappa shape index (κ2) is 4.31. The number of esters is 1. The van der Waals surface area contributed by atoms with E-state index in [1.54, 1.807) is 24.3 Å². The zero-order valence-electron chi connectivity index (χ0n) is 10.6. The number of fused-ring (bicyclic) bond motifs is 3. The Balaban J connectivity index is 1.97. The van der Waals surface area contributed by atoms with Crippen LogP contribution in [0.25, 0.3) is 0 Å². The summed E-state index contributed by atoms with van der Waals surface area (Å²) in [6.45, 7) is 2.17. The molecule has 0 aromatic heterocycles. The van der Waals surface area contributed by atoms with E-state index in [1.165, 1.54) is 4.31 Å². The molecule has 3 aliphatic heterocycles. The summed E-state index contributed by atoms with van der Waals surface area (Å²) in [4.78, 5) is 11.9. The molecule has 0 spiro atoms. The minimum atomic E-state index is -3.61. The predicted octanol–water partition coefficient (Wildman–Crippen LogP) is 1.07. The van der Waals surface area contributed by atoms with Gasteiger partial charge < -0.3 is 4.74 Å². The van der Waals surface area contributed by atoms with Gasteiger partial charge in [-0.2, -0.15) is 4.31 Å². The van der Waals surface area contributed by atoms with Crippen molar-refractivity contribution in [3.05, 3.63) is 29.8 Å². The van der Waals surface area contributed by atoms with Gasteiger partial charge in [-0.15, -0.1) is 0 Å². The quantitative estimate of drug-likeness (QED) is 0.761. The van der Waals surface area contributed by atoms with E-state index in [0.29, 0.717) is 6.42 Å². The highest BCUT2D eigenvalue weighted by atomic mass is 32.2. The van der Waals surface area contributed by atoms with Gasteiger partial charge in [0.25, 0.3) is 0 Å². The molecule has 3 fully saturated rings. The van der Waals surface area contributed by atoms with E-state index in [9.17, 15) is 13.2 Å². The van der Waals surface area contributed by atoms with Gasteiger partial charge in [0.05, 0.1) is 11.4 Å². The van der Waals surface area contributed by atoms with Crippen LogP contribution in [0.1, 0.15) is 18.4 Å². The molecule has 0 aliphatic carbocycles. The first-order valence-corrected chi connectivity index (χ1v) is 7.71. The molecule has 1 aromatic rings. The Hall–Kier alpha value is -1.40. The number of nitrogens with zero attached hydrogens (tertiary/aromatic N) is 1. The van der Waals surface area contributed by atoms with Crippen molar-refractivity contribution in [3.63, 3.8) is 0 Å². The van der Waals surface area contributed by atoms with Crippen LogP contribution in [0.3, 0.4) is 0 Å². The van der Waals surface area contributed by atoms with Crippen molar-refractivity contribution in [2.75, 3.05) is 6.54 Å². The van der Waals surface area contributed by atoms with E-state index in [1.807, 2.05) is 6.92 Å². The van der Waals surface area contributed by atoms with Gasteiger partial charge in [0.2, 0.25) is 10.0 Å². The summed E-state index contributed by atoms with van der Waals surface area (Å²) >= 11 is 0. The third-order valence-corrected chi connectivity index (χ3v) is 5.56. The number of sulfonamides is 1. The van der Waals surface area contributed by atoms with E-state index >= 15 is 0 Å². The highest BCUT2D eigenvalue weighted by Gasteiger charge is 2.47. The molecule has 102 valence electrons. The number of piperidine rings is 1. The smallest absolute Gasteiger partial charge is 0.324 e. The van der Waals surface area contributed by atoms with Crippen LogP contribution in [0.2, 0.25) is 0 Å². The molecule has 3 saturated heterocycles. The van der Waals surface area contributed by atoms with Gasteiger partial charge in [-0.1, -0.05) is 17.7 Å². The number of benzene rings is 1. The molecule has 3 aliphatic rings. The van der Waals surface area contributed by atoms with Crippen LogP contribution in [0, 0.1) is 6.92 Å². The fourth-order valence-corrected chi connectivity index (χ4v) is 4.23. The Kier molecular flexibility index (Phi) is 2.87. The van der Waals surface area contributed by atoms with Crippen molar-refractivity contribution in [3.8, 4) is 0 Å². The van der Waals surface area contributed by atoms with Crippen LogP contribution in [0.4, 0.5) is 0 Å². The molecule has 3 heterocycles. The van der Waals surface area contributed by atoms with Crippen molar-refractivity contribution in [1.29, 1.82) is 0 Å². The number of carbonyl (C=O) groups excluding carboxylic acids is 1. The Morgan fingerprint density at radius 2 is 1.89 bits per heavy atom. The van der Waals surface area contributed by atoms with Crippen molar-refractivity contribution in [1.82, 2.24) is 4.31 Å². The lowest BCUT2D eigenvalue weighted by molar-refractivity contribution is -0.169. The van der Waals surface area contributed by atoms with E-state index in [-0.39, 0.29) is 17.5 Å². The average molecular weight is 281 g/mol. The first-order valence-electron chi connectivity index (χ1n) is 6.27. The lowest BCUT2D eigenvalue weighted by Crippen LogP contribution is -2.58. The zero-order chi connectivity index (χ0) is 13.6. The lowest BCUT2D eigenvalue weighted by atomic mass is 9.99. The zero-order valence-corrected chi connectivity index (χ0v) is 11.4. The summed E-state index contributed by atoms with van der Waals surface area (Å²) < 4.78 is 31.5. The Morgan fingerprint density at radius 3 is 2.47 bits per heavy atom. The molecule has 0 saturated carbocycles. The molecule has 4 rings (SSSR count). The molecule has 1 aromatic carbocycles. The number of hydrogen-bond acceptors (Lipinski definition) is 4. The minimum absolute atomic E-state index is 0.235. The summed E-state index contributed by atoms with van der Waals surface area (Å²) in [7, 11) is -3.61. The Labute approximate surface area is 112 Å². The maximum absolute atomic E-state index is 12.6. The summed E-state index contributed by atoms with van der Waals surface area (Å²) in [5.74, 6) is -0.418. The van der Waals surface area contributed by atoms with Gasteiger partial charge in [0, 0.05) is 0 Å². The molecule has 2 bridgehead atoms. The van der Waals surface area contributed by atoms with Crippen LogP contribution in [-0.4, -0.2) is 37.4 Å². The van der Waals surface area contributed by atoms with Gasteiger partial charge in [0.1, 0.15) is 12.1 Å². The van der Waals surface area contributed by atoms with Crippen LogP contribution in [0.5, 0.6) is 0 Å². The van der Waals surface area contributed by atoms with E-state index in [4.69, 9.17) is 4.74 Å². The normalized spacial score (nSPS) is 27.3. The summed E-state index contributed by atoms with van der Waals surface area (Å²) in [6.07, 6.45) is 1.00. The standard InChI is InChI=1S/C13H15NO4S/c1-9-2-5-11(6-3-9)19(16,17)14-8-10-4-7-12(14)13(15)18-10/h2-3,5-6,10,12H,4,7-8H2,1H3. The molecule has 6 heteroatoms. The Morgan fingerprint density at radius 1 is 1.21 bits per heavy atom. The maximum Gasteiger partial charge on any atom is 0.324 e. The van der Waals surface area contributed by atoms with E-state index in [0.717, 1.165) is 12.0 Å². The number of carbonyl (C=O) groups is 1. The van der Waals surface area contributed by atoms with Crippen LogP contribution >= 0.6 is 0 Å². The fraction of sp³-hybridized carbons (Fsp3) is 0.462. The van der Waals surface area contributed by atoms with Gasteiger partial charge >= 0.3 is 5.97 Å². The highest BCUT2D eigenvalue weighted by Crippen LogP contribution is 2.32. The van der Waals surface area contributed by atoms with Gasteiger partial charge in [-0.25, -0.2) is 8.42 Å². The third kappa shape index (κ3) is 2.04. The van der Waals surface area contributed by atoms with Crippen molar-refractivity contribution < 1.29 is 17.9 Å². The first kappa shape index (κ1) is 12.6. The van der Waals surface area contributed by atoms with Crippen LogP contribution < -0.4 is 0 Å². The van der Waals surface area contributed by atoms with Gasteiger partial charge in [-0.3, -0.25) is 4.79 Å². The maximum atomic E-state index is 12.6. The fourth-order valence-electron chi connectivity index (χ4n) is 2.59. The molecular weight excluding hydrogens is 266 g/mol. The van der Waals surface area contributed by atoms with E-state index < -0.39 is 22.0 Å². The molecule has 5 nitrogen and oxygen atoms in total. The molecule has 2 atom stereocenters. The summed E-state index contributed by atoms with van der Waals surface area (Å²) in [5.41, 5.74) is 0.999. The second-order valence-electron chi connectivity index (χ2n) is 5.04. The molecule has 19 heavy (non-hydrogen) atoms. The topological polar surface area (TPSA) is 63.7 Å². The third-order valence-electron chi connectivity index (χ3n) is 3.68. The summed E-state index contributed by atoms with van der Waals surface area (Å²) in [6, 6.07) is 6.02. The number of hydrogen-bond donors (Lipinski definition) is 0. The molecule has 0 amide bonds.